The summed E-state index contributed by atoms with van der Waals surface area (Å²) in [6, 6.07) is 13.4. The van der Waals surface area contributed by atoms with Gasteiger partial charge in [0.1, 0.15) is 0 Å². The van der Waals surface area contributed by atoms with E-state index >= 15 is 0 Å². The van der Waals surface area contributed by atoms with Crippen LogP contribution >= 0.6 is 0 Å². The van der Waals surface area contributed by atoms with E-state index in [1.165, 1.54) is 4.68 Å². The van der Waals surface area contributed by atoms with Gasteiger partial charge in [0.05, 0.1) is 11.4 Å². The molecule has 0 atom stereocenters. The molecule has 0 radical (unpaired) electrons. The van der Waals surface area contributed by atoms with E-state index in [0.717, 1.165) is 30.0 Å². The Balaban J connectivity index is 0.000000941. The average Bonchev–Trinajstić information content (AvgIpc) is 3.11. The van der Waals surface area contributed by atoms with Crippen molar-refractivity contribution in [1.29, 1.82) is 0 Å². The molecule has 0 saturated carbocycles. The van der Waals surface area contributed by atoms with Crippen molar-refractivity contribution in [2.45, 2.75) is 32.9 Å². The number of aromatic nitrogens is 2. The van der Waals surface area contributed by atoms with E-state index in [9.17, 15) is 13.2 Å². The first kappa shape index (κ1) is 22.4. The van der Waals surface area contributed by atoms with Crippen LogP contribution in [0.2, 0.25) is 0 Å². The van der Waals surface area contributed by atoms with Gasteiger partial charge < -0.3 is 5.73 Å². The number of nitrogen functional groups attached to an aromatic ring is 1. The van der Waals surface area contributed by atoms with Crippen LogP contribution in [-0.2, 0) is 24.2 Å². The van der Waals surface area contributed by atoms with E-state index in [4.69, 9.17) is 14.2 Å². The molecule has 0 aliphatic carbocycles. The van der Waals surface area contributed by atoms with Gasteiger partial charge in [-0.05, 0) is 60.9 Å². The number of halogens is 3. The molecule has 0 unspecified atom stereocenters. The minimum atomic E-state index is -4.51. The fourth-order valence-corrected chi connectivity index (χ4v) is 2.91. The summed E-state index contributed by atoms with van der Waals surface area (Å²) in [7, 11) is 0. The second kappa shape index (κ2) is 9.51. The topological polar surface area (TPSA) is 78.0 Å². The molecular formula is C20H20F3N3O2S. The van der Waals surface area contributed by atoms with Gasteiger partial charge in [-0.15, -0.1) is 0 Å². The van der Waals surface area contributed by atoms with Crippen LogP contribution in [0.4, 0.5) is 18.9 Å². The molecule has 2 N–H and O–H groups in total. The highest BCUT2D eigenvalue weighted by Crippen LogP contribution is 2.34. The molecule has 9 heteroatoms. The van der Waals surface area contributed by atoms with Gasteiger partial charge in [-0.2, -0.15) is 26.7 Å². The van der Waals surface area contributed by atoms with E-state index in [2.05, 4.69) is 12.0 Å². The second-order valence-electron chi connectivity index (χ2n) is 6.38. The lowest BCUT2D eigenvalue weighted by Crippen LogP contribution is -2.07. The number of alkyl halides is 3. The molecule has 0 amide bonds. The Hall–Kier alpha value is -2.94. The number of nitrogens with two attached hydrogens (primary N) is 1. The zero-order chi connectivity index (χ0) is 21.6. The highest BCUT2D eigenvalue weighted by atomic mass is 32.1. The van der Waals surface area contributed by atoms with Crippen molar-refractivity contribution in [3.63, 3.8) is 0 Å². The monoisotopic (exact) mass is 423 g/mol. The number of aryl methyl sites for hydroxylation is 2. The summed E-state index contributed by atoms with van der Waals surface area (Å²) < 4.78 is 57.6. The summed E-state index contributed by atoms with van der Waals surface area (Å²) in [4.78, 5) is 0. The van der Waals surface area contributed by atoms with Crippen LogP contribution in [0.3, 0.4) is 0 Å². The van der Waals surface area contributed by atoms with Gasteiger partial charge in [0.15, 0.2) is 5.69 Å². The first-order valence-corrected chi connectivity index (χ1v) is 9.42. The third-order valence-corrected chi connectivity index (χ3v) is 4.30. The summed E-state index contributed by atoms with van der Waals surface area (Å²) in [6.45, 7) is 4.08. The molecule has 0 fully saturated rings. The van der Waals surface area contributed by atoms with Crippen LogP contribution in [-0.4, -0.2) is 18.2 Å². The van der Waals surface area contributed by atoms with E-state index in [1.54, 1.807) is 24.3 Å². The molecule has 29 heavy (non-hydrogen) atoms. The van der Waals surface area contributed by atoms with Crippen molar-refractivity contribution < 1.29 is 21.6 Å². The maximum absolute atomic E-state index is 13.2. The molecule has 0 spiro atoms. The Labute approximate surface area is 170 Å². The fraction of sp³-hybridized carbons (Fsp3) is 0.250. The summed E-state index contributed by atoms with van der Waals surface area (Å²) in [5, 5.41) is 3.81. The van der Waals surface area contributed by atoms with E-state index in [1.807, 2.05) is 25.1 Å². The molecule has 2 aromatic carbocycles. The standard InChI is InChI=1S/C20H20F3N3.O2S/c1-3-4-14-11-15(6-5-13(14)2)18-12-19(20(21,22)23)25-26(18)17-9-7-16(24)8-10-17;1-3-2/h5-12H,3-4,24H2,1-2H3;. The highest BCUT2D eigenvalue weighted by Gasteiger charge is 2.35. The van der Waals surface area contributed by atoms with Crippen LogP contribution in [0.15, 0.2) is 48.5 Å². The highest BCUT2D eigenvalue weighted by molar-refractivity contribution is 7.51. The zero-order valence-corrected chi connectivity index (χ0v) is 16.7. The van der Waals surface area contributed by atoms with E-state index < -0.39 is 23.4 Å². The predicted octanol–water partition coefficient (Wildman–Crippen LogP) is 4.73. The largest absolute Gasteiger partial charge is 0.435 e. The molecule has 5 nitrogen and oxygen atoms in total. The predicted molar refractivity (Wildman–Crippen MR) is 106 cm³/mol. The third-order valence-electron chi connectivity index (χ3n) is 4.30. The molecule has 3 aromatic rings. The maximum atomic E-state index is 13.2. The van der Waals surface area contributed by atoms with Crippen LogP contribution in [0.1, 0.15) is 30.2 Å². The molecule has 1 heterocycles. The van der Waals surface area contributed by atoms with Crippen molar-refractivity contribution in [3.05, 3.63) is 65.4 Å². The molecule has 3 rings (SSSR count). The zero-order valence-electron chi connectivity index (χ0n) is 15.9. The molecule has 1 aromatic heterocycles. The smallest absolute Gasteiger partial charge is 0.399 e. The number of rotatable bonds is 4. The van der Waals surface area contributed by atoms with Gasteiger partial charge in [-0.3, -0.25) is 0 Å². The molecule has 0 aliphatic rings. The molecule has 154 valence electrons. The SMILES string of the molecule is CCCc1cc(-c2cc(C(F)(F)F)nn2-c2ccc(N)cc2)ccc1C.O=S=O. The van der Waals surface area contributed by atoms with Gasteiger partial charge in [-0.1, -0.05) is 25.5 Å². The number of hydrogen-bond acceptors (Lipinski definition) is 4. The van der Waals surface area contributed by atoms with Crippen LogP contribution in [0, 0.1) is 6.92 Å². The Bertz CT molecular complexity index is 1010. The van der Waals surface area contributed by atoms with Gasteiger partial charge >= 0.3 is 17.7 Å². The van der Waals surface area contributed by atoms with Crippen LogP contribution in [0.5, 0.6) is 0 Å². The molecule has 0 bridgehead atoms. The minimum Gasteiger partial charge on any atom is -0.399 e. The van der Waals surface area contributed by atoms with Crippen LogP contribution < -0.4 is 5.73 Å². The molecular weight excluding hydrogens is 403 g/mol. The normalized spacial score (nSPS) is 10.9. The average molecular weight is 423 g/mol. The summed E-state index contributed by atoms with van der Waals surface area (Å²) in [5.41, 5.74) is 9.21. The minimum absolute atomic E-state index is 0.402. The Morgan fingerprint density at radius 2 is 1.69 bits per heavy atom. The number of benzene rings is 2. The molecule has 0 saturated heterocycles. The quantitative estimate of drug-likeness (QED) is 0.616. The third kappa shape index (κ3) is 5.54. The Morgan fingerprint density at radius 1 is 1.07 bits per heavy atom. The van der Waals surface area contributed by atoms with Gasteiger partial charge in [0, 0.05) is 11.3 Å². The lowest BCUT2D eigenvalue weighted by molar-refractivity contribution is -0.141. The first-order chi connectivity index (χ1) is 13.7. The van der Waals surface area contributed by atoms with Gasteiger partial charge in [0.25, 0.3) is 0 Å². The Kier molecular flexibility index (Phi) is 7.33. The maximum Gasteiger partial charge on any atom is 0.435 e. The van der Waals surface area contributed by atoms with Crippen molar-refractivity contribution in [1.82, 2.24) is 9.78 Å². The Morgan fingerprint density at radius 3 is 2.24 bits per heavy atom. The first-order valence-electron chi connectivity index (χ1n) is 8.76. The van der Waals surface area contributed by atoms with E-state index in [0.29, 0.717) is 22.6 Å². The van der Waals surface area contributed by atoms with Crippen molar-refractivity contribution in [2.75, 3.05) is 5.73 Å². The fourth-order valence-electron chi connectivity index (χ4n) is 2.91. The lowest BCUT2D eigenvalue weighted by atomic mass is 9.99. The summed E-state index contributed by atoms with van der Waals surface area (Å²) in [6.07, 6.45) is -2.66. The summed E-state index contributed by atoms with van der Waals surface area (Å²) in [5.74, 6) is 0. The van der Waals surface area contributed by atoms with E-state index in [-0.39, 0.29) is 0 Å². The molecule has 0 aliphatic heterocycles. The number of nitrogens with zero attached hydrogens (tertiary/aromatic N) is 2. The van der Waals surface area contributed by atoms with Gasteiger partial charge in [-0.25, -0.2) is 4.68 Å². The van der Waals surface area contributed by atoms with Crippen LogP contribution in [0.25, 0.3) is 16.9 Å². The van der Waals surface area contributed by atoms with Crippen molar-refractivity contribution >= 4 is 17.3 Å². The van der Waals surface area contributed by atoms with Crippen molar-refractivity contribution in [2.24, 2.45) is 0 Å². The second-order valence-corrected chi connectivity index (χ2v) is 6.51. The number of hydrogen-bond donors (Lipinski definition) is 1. The lowest BCUT2D eigenvalue weighted by Gasteiger charge is -2.11. The van der Waals surface area contributed by atoms with Crippen molar-refractivity contribution in [3.8, 4) is 16.9 Å². The summed E-state index contributed by atoms with van der Waals surface area (Å²) >= 11 is -0.750. The van der Waals surface area contributed by atoms with Gasteiger partial charge in [0.2, 0.25) is 0 Å². The number of anilines is 1.